The Hall–Kier alpha value is -0.650. The molecule has 1 heterocycles. The molecule has 5 heteroatoms. The van der Waals surface area contributed by atoms with E-state index in [-0.39, 0.29) is 5.12 Å². The second kappa shape index (κ2) is 4.47. The van der Waals surface area contributed by atoms with Crippen molar-refractivity contribution in [2.24, 2.45) is 0 Å². The molecule has 0 saturated carbocycles. The Labute approximate surface area is 105 Å². The van der Waals surface area contributed by atoms with E-state index in [0.717, 1.165) is 21.8 Å². The van der Waals surface area contributed by atoms with Crippen molar-refractivity contribution in [1.82, 2.24) is 5.32 Å². The number of carbonyl (C=O) groups excluding carboxylic acids is 1. The zero-order valence-corrected chi connectivity index (χ0v) is 10.7. The SMILES string of the molecule is O=C1SC(=S)NC1=Cc1ccccc1Br. The van der Waals surface area contributed by atoms with Gasteiger partial charge in [0, 0.05) is 4.47 Å². The topological polar surface area (TPSA) is 29.1 Å². The van der Waals surface area contributed by atoms with Crippen LogP contribution >= 0.6 is 39.9 Å². The van der Waals surface area contributed by atoms with E-state index in [1.54, 1.807) is 6.08 Å². The molecule has 0 aromatic heterocycles. The number of thiocarbonyl (C=S) groups is 1. The lowest BCUT2D eigenvalue weighted by molar-refractivity contribution is -0.107. The van der Waals surface area contributed by atoms with Gasteiger partial charge in [-0.25, -0.2) is 0 Å². The zero-order valence-electron chi connectivity index (χ0n) is 7.49. The minimum Gasteiger partial charge on any atom is -0.337 e. The largest absolute Gasteiger partial charge is 0.337 e. The molecule has 0 amide bonds. The summed E-state index contributed by atoms with van der Waals surface area (Å²) in [5.41, 5.74) is 1.50. The molecule has 0 bridgehead atoms. The van der Waals surface area contributed by atoms with Crippen LogP contribution in [0.25, 0.3) is 6.08 Å². The fourth-order valence-electron chi connectivity index (χ4n) is 1.17. The van der Waals surface area contributed by atoms with Crippen molar-refractivity contribution in [1.29, 1.82) is 0 Å². The molecule has 0 spiro atoms. The van der Waals surface area contributed by atoms with Crippen molar-refractivity contribution >= 4 is 55.4 Å². The van der Waals surface area contributed by atoms with Crippen LogP contribution in [0.3, 0.4) is 0 Å². The van der Waals surface area contributed by atoms with Gasteiger partial charge in [0.15, 0.2) is 0 Å². The Morgan fingerprint density at radius 1 is 1.40 bits per heavy atom. The third-order valence-corrected chi connectivity index (χ3v) is 3.61. The number of rotatable bonds is 1. The molecule has 15 heavy (non-hydrogen) atoms. The molecule has 0 unspecified atom stereocenters. The Balaban J connectivity index is 2.35. The maximum Gasteiger partial charge on any atom is 0.242 e. The highest BCUT2D eigenvalue weighted by Gasteiger charge is 2.22. The number of thioether (sulfide) groups is 1. The first kappa shape index (κ1) is 10.9. The molecule has 0 radical (unpaired) electrons. The average molecular weight is 300 g/mol. The zero-order chi connectivity index (χ0) is 10.8. The van der Waals surface area contributed by atoms with Crippen LogP contribution in [0, 0.1) is 0 Å². The van der Waals surface area contributed by atoms with Crippen LogP contribution in [0.2, 0.25) is 0 Å². The summed E-state index contributed by atoms with van der Waals surface area (Å²) in [5.74, 6) is 0. The summed E-state index contributed by atoms with van der Waals surface area (Å²) in [6.07, 6.45) is 1.79. The predicted molar refractivity (Wildman–Crippen MR) is 70.5 cm³/mol. The molecule has 1 aromatic carbocycles. The van der Waals surface area contributed by atoms with Gasteiger partial charge in [0.2, 0.25) is 5.12 Å². The van der Waals surface area contributed by atoms with E-state index in [9.17, 15) is 4.79 Å². The Kier molecular flexibility index (Phi) is 3.23. The molecule has 0 atom stereocenters. The second-order valence-corrected chi connectivity index (χ2v) is 5.39. The summed E-state index contributed by atoms with van der Waals surface area (Å²) in [4.78, 5) is 11.4. The van der Waals surface area contributed by atoms with Crippen LogP contribution in [-0.4, -0.2) is 9.44 Å². The highest BCUT2D eigenvalue weighted by molar-refractivity contribution is 9.10. The van der Waals surface area contributed by atoms with E-state index in [4.69, 9.17) is 12.2 Å². The minimum absolute atomic E-state index is 0.0317. The maximum atomic E-state index is 11.4. The van der Waals surface area contributed by atoms with Gasteiger partial charge < -0.3 is 5.32 Å². The smallest absolute Gasteiger partial charge is 0.242 e. The first-order chi connectivity index (χ1) is 7.16. The molecule has 1 fully saturated rings. The van der Waals surface area contributed by atoms with Crippen LogP contribution < -0.4 is 5.32 Å². The molecular formula is C10H6BrNOS2. The average Bonchev–Trinajstić information content (AvgIpc) is 2.49. The van der Waals surface area contributed by atoms with Crippen LogP contribution in [-0.2, 0) is 4.79 Å². The first-order valence-electron chi connectivity index (χ1n) is 4.16. The summed E-state index contributed by atoms with van der Waals surface area (Å²) in [6, 6.07) is 7.70. The minimum atomic E-state index is -0.0317. The van der Waals surface area contributed by atoms with Gasteiger partial charge in [-0.2, -0.15) is 0 Å². The summed E-state index contributed by atoms with van der Waals surface area (Å²) < 4.78 is 1.47. The monoisotopic (exact) mass is 299 g/mol. The summed E-state index contributed by atoms with van der Waals surface area (Å²) in [5, 5.41) is 2.83. The standard InChI is InChI=1S/C10H6BrNOS2/c11-7-4-2-1-3-6(7)5-8-9(13)15-10(14)12-8/h1-5H,(H,12,14). The van der Waals surface area contributed by atoms with E-state index in [0.29, 0.717) is 10.0 Å². The van der Waals surface area contributed by atoms with Gasteiger partial charge in [-0.1, -0.05) is 46.3 Å². The summed E-state index contributed by atoms with van der Waals surface area (Å²) in [6.45, 7) is 0. The molecule has 2 nitrogen and oxygen atoms in total. The van der Waals surface area contributed by atoms with Crippen LogP contribution in [0.1, 0.15) is 5.56 Å². The predicted octanol–water partition coefficient (Wildman–Crippen LogP) is 2.94. The molecule has 1 aromatic rings. The molecule has 0 aliphatic carbocycles. The fourth-order valence-corrected chi connectivity index (χ4v) is 2.45. The molecule has 1 aliphatic heterocycles. The highest BCUT2D eigenvalue weighted by atomic mass is 79.9. The Morgan fingerprint density at radius 2 is 2.13 bits per heavy atom. The van der Waals surface area contributed by atoms with Gasteiger partial charge in [0.05, 0.1) is 5.70 Å². The van der Waals surface area contributed by atoms with Crippen molar-refractivity contribution in [3.05, 3.63) is 40.0 Å². The quantitative estimate of drug-likeness (QED) is 0.638. The maximum absolute atomic E-state index is 11.4. The van der Waals surface area contributed by atoms with Gasteiger partial charge in [-0.3, -0.25) is 4.79 Å². The molecule has 76 valence electrons. The van der Waals surface area contributed by atoms with E-state index in [2.05, 4.69) is 21.2 Å². The Morgan fingerprint density at radius 3 is 2.73 bits per heavy atom. The first-order valence-corrected chi connectivity index (χ1v) is 6.18. The number of carbonyl (C=O) groups is 1. The van der Waals surface area contributed by atoms with Crippen molar-refractivity contribution < 1.29 is 4.79 Å². The second-order valence-electron chi connectivity index (χ2n) is 2.88. The van der Waals surface area contributed by atoms with E-state index < -0.39 is 0 Å². The van der Waals surface area contributed by atoms with Gasteiger partial charge in [-0.05, 0) is 29.5 Å². The highest BCUT2D eigenvalue weighted by Crippen LogP contribution is 2.24. The molecule has 2 rings (SSSR count). The van der Waals surface area contributed by atoms with E-state index in [1.807, 2.05) is 24.3 Å². The van der Waals surface area contributed by atoms with Crippen molar-refractivity contribution in [3.8, 4) is 0 Å². The third kappa shape index (κ3) is 2.48. The number of benzene rings is 1. The Bertz CT molecular complexity index is 470. The van der Waals surface area contributed by atoms with Crippen LogP contribution in [0.4, 0.5) is 0 Å². The van der Waals surface area contributed by atoms with Gasteiger partial charge in [0.1, 0.15) is 4.32 Å². The third-order valence-electron chi connectivity index (χ3n) is 1.85. The number of hydrogen-bond acceptors (Lipinski definition) is 3. The lowest BCUT2D eigenvalue weighted by Crippen LogP contribution is -2.10. The molecule has 1 aliphatic rings. The summed E-state index contributed by atoms with van der Waals surface area (Å²) in [7, 11) is 0. The van der Waals surface area contributed by atoms with Crippen molar-refractivity contribution in [3.63, 3.8) is 0 Å². The molecular weight excluding hydrogens is 294 g/mol. The van der Waals surface area contributed by atoms with Crippen molar-refractivity contribution in [2.75, 3.05) is 0 Å². The van der Waals surface area contributed by atoms with Crippen LogP contribution in [0.5, 0.6) is 0 Å². The fraction of sp³-hybridized carbons (Fsp3) is 0. The number of nitrogens with one attached hydrogen (secondary N) is 1. The number of halogens is 1. The van der Waals surface area contributed by atoms with E-state index >= 15 is 0 Å². The normalized spacial score (nSPS) is 18.3. The van der Waals surface area contributed by atoms with Gasteiger partial charge in [-0.15, -0.1) is 0 Å². The lowest BCUT2D eigenvalue weighted by atomic mass is 10.2. The molecule has 1 saturated heterocycles. The van der Waals surface area contributed by atoms with Gasteiger partial charge >= 0.3 is 0 Å². The van der Waals surface area contributed by atoms with Crippen molar-refractivity contribution in [2.45, 2.75) is 0 Å². The van der Waals surface area contributed by atoms with E-state index in [1.165, 1.54) is 0 Å². The van der Waals surface area contributed by atoms with Crippen LogP contribution in [0.15, 0.2) is 34.4 Å². The summed E-state index contributed by atoms with van der Waals surface area (Å²) >= 11 is 9.37. The lowest BCUT2D eigenvalue weighted by Gasteiger charge is -1.99. The van der Waals surface area contributed by atoms with Gasteiger partial charge in [0.25, 0.3) is 0 Å². The molecule has 1 N–H and O–H groups in total. The number of hydrogen-bond donors (Lipinski definition) is 1.